The fourth-order valence-electron chi connectivity index (χ4n) is 1.09. The van der Waals surface area contributed by atoms with Crippen LogP contribution in [0.5, 0.6) is 0 Å². The molecular weight excluding hydrogens is 174 g/mol. The van der Waals surface area contributed by atoms with E-state index in [1.807, 2.05) is 11.8 Å². The molecule has 0 aromatic carbocycles. The summed E-state index contributed by atoms with van der Waals surface area (Å²) in [6.07, 6.45) is 10.8. The van der Waals surface area contributed by atoms with Crippen LogP contribution in [0.25, 0.3) is 0 Å². The highest BCUT2D eigenvalue weighted by Crippen LogP contribution is 2.35. The van der Waals surface area contributed by atoms with E-state index < -0.39 is 0 Å². The molecule has 0 aromatic heterocycles. The van der Waals surface area contributed by atoms with Crippen LogP contribution in [-0.4, -0.2) is 16.3 Å². The van der Waals surface area contributed by atoms with E-state index in [1.54, 1.807) is 11.9 Å². The van der Waals surface area contributed by atoms with Crippen molar-refractivity contribution in [3.05, 3.63) is 35.0 Å². The van der Waals surface area contributed by atoms with Gasteiger partial charge in [-0.05, 0) is 23.6 Å². The summed E-state index contributed by atoms with van der Waals surface area (Å²) in [5.41, 5.74) is 1.39. The van der Waals surface area contributed by atoms with Crippen LogP contribution in [0.1, 0.15) is 0 Å². The van der Waals surface area contributed by atoms with E-state index >= 15 is 0 Å². The first-order valence-corrected chi connectivity index (χ1v) is 5.62. The zero-order valence-electron chi connectivity index (χ0n) is 6.28. The first-order chi connectivity index (χ1) is 5.40. The molecule has 0 fully saturated rings. The van der Waals surface area contributed by atoms with Crippen LogP contribution in [0.2, 0.25) is 0 Å². The second-order valence-corrected chi connectivity index (χ2v) is 4.17. The van der Waals surface area contributed by atoms with Gasteiger partial charge < -0.3 is 0 Å². The lowest BCUT2D eigenvalue weighted by Gasteiger charge is -2.16. The van der Waals surface area contributed by atoms with Crippen LogP contribution in [-0.2, 0) is 0 Å². The minimum Gasteiger partial charge on any atom is -0.298 e. The van der Waals surface area contributed by atoms with E-state index in [0.29, 0.717) is 0 Å². The zero-order valence-corrected chi connectivity index (χ0v) is 7.91. The summed E-state index contributed by atoms with van der Waals surface area (Å²) >= 11 is 3.63. The number of nitrogens with zero attached hydrogens (tertiary/aromatic N) is 1. The molecule has 0 atom stereocenters. The first-order valence-electron chi connectivity index (χ1n) is 3.46. The van der Waals surface area contributed by atoms with Gasteiger partial charge in [0.25, 0.3) is 0 Å². The third-order valence-electron chi connectivity index (χ3n) is 1.68. The predicted molar refractivity (Wildman–Crippen MR) is 53.1 cm³/mol. The van der Waals surface area contributed by atoms with Crippen molar-refractivity contribution in [2.75, 3.05) is 12.0 Å². The molecule has 2 aliphatic heterocycles. The SMILES string of the molecule is CSN1C=CC2=CCSC2=C1. The van der Waals surface area contributed by atoms with Crippen molar-refractivity contribution in [1.82, 2.24) is 4.31 Å². The van der Waals surface area contributed by atoms with Gasteiger partial charge in [0.2, 0.25) is 0 Å². The number of allylic oxidation sites excluding steroid dienone is 2. The topological polar surface area (TPSA) is 3.24 Å². The van der Waals surface area contributed by atoms with Crippen LogP contribution >= 0.6 is 23.7 Å². The molecule has 1 nitrogen and oxygen atoms in total. The standard InChI is InChI=1S/C8H9NS2/c1-10-9-4-2-7-3-5-11-8(7)6-9/h2-4,6H,5H2,1H3. The molecule has 0 radical (unpaired) electrons. The lowest BCUT2D eigenvalue weighted by Crippen LogP contribution is -2.02. The Morgan fingerprint density at radius 3 is 3.36 bits per heavy atom. The van der Waals surface area contributed by atoms with Gasteiger partial charge in [0.15, 0.2) is 0 Å². The van der Waals surface area contributed by atoms with Crippen LogP contribution in [0.4, 0.5) is 0 Å². The maximum Gasteiger partial charge on any atom is 0.0318 e. The molecule has 2 rings (SSSR count). The monoisotopic (exact) mass is 183 g/mol. The van der Waals surface area contributed by atoms with Gasteiger partial charge >= 0.3 is 0 Å². The van der Waals surface area contributed by atoms with Gasteiger partial charge in [-0.1, -0.05) is 6.08 Å². The van der Waals surface area contributed by atoms with E-state index in [4.69, 9.17) is 0 Å². The van der Waals surface area contributed by atoms with Gasteiger partial charge in [-0.25, -0.2) is 0 Å². The molecule has 0 aliphatic carbocycles. The van der Waals surface area contributed by atoms with Crippen molar-refractivity contribution in [2.24, 2.45) is 0 Å². The third kappa shape index (κ3) is 1.35. The van der Waals surface area contributed by atoms with Crippen LogP contribution in [0, 0.1) is 0 Å². The number of hydrogen-bond acceptors (Lipinski definition) is 3. The fourth-order valence-corrected chi connectivity index (χ4v) is 2.50. The predicted octanol–water partition coefficient (Wildman–Crippen LogP) is 2.61. The van der Waals surface area contributed by atoms with Gasteiger partial charge in [-0.2, -0.15) is 0 Å². The van der Waals surface area contributed by atoms with Crippen molar-refractivity contribution in [3.8, 4) is 0 Å². The number of rotatable bonds is 1. The summed E-state index contributed by atoms with van der Waals surface area (Å²) < 4.78 is 2.13. The Morgan fingerprint density at radius 1 is 1.64 bits per heavy atom. The number of thioether (sulfide) groups is 1. The summed E-state index contributed by atoms with van der Waals surface area (Å²) in [5.74, 6) is 1.13. The lowest BCUT2D eigenvalue weighted by molar-refractivity contribution is 0.843. The molecule has 2 aliphatic rings. The average molecular weight is 183 g/mol. The Morgan fingerprint density at radius 2 is 2.55 bits per heavy atom. The Balaban J connectivity index is 2.24. The largest absolute Gasteiger partial charge is 0.298 e. The average Bonchev–Trinajstić information content (AvgIpc) is 2.50. The van der Waals surface area contributed by atoms with E-state index in [-0.39, 0.29) is 0 Å². The normalized spacial score (nSPS) is 21.4. The highest BCUT2D eigenvalue weighted by atomic mass is 32.2. The van der Waals surface area contributed by atoms with E-state index in [1.165, 1.54) is 10.5 Å². The summed E-state index contributed by atoms with van der Waals surface area (Å²) in [6.45, 7) is 0. The van der Waals surface area contributed by atoms with E-state index in [2.05, 4.69) is 35.1 Å². The Kier molecular flexibility index (Phi) is 2.00. The quantitative estimate of drug-likeness (QED) is 0.575. The molecule has 0 spiro atoms. The molecule has 58 valence electrons. The van der Waals surface area contributed by atoms with Crippen molar-refractivity contribution < 1.29 is 0 Å². The molecule has 3 heteroatoms. The smallest absolute Gasteiger partial charge is 0.0318 e. The number of fused-ring (bicyclic) bond motifs is 1. The van der Waals surface area contributed by atoms with Crippen molar-refractivity contribution in [3.63, 3.8) is 0 Å². The summed E-state index contributed by atoms with van der Waals surface area (Å²) in [5, 5.41) is 0. The Labute approximate surface area is 75.4 Å². The maximum atomic E-state index is 2.27. The molecule has 0 aromatic rings. The molecule has 0 unspecified atom stereocenters. The molecule has 0 saturated carbocycles. The Bertz CT molecular complexity index is 253. The molecular formula is C8H9NS2. The third-order valence-corrected chi connectivity index (χ3v) is 3.32. The second-order valence-electron chi connectivity index (χ2n) is 2.32. The van der Waals surface area contributed by atoms with E-state index in [9.17, 15) is 0 Å². The van der Waals surface area contributed by atoms with Crippen LogP contribution in [0.15, 0.2) is 35.0 Å². The molecule has 2 heterocycles. The number of hydrogen-bond donors (Lipinski definition) is 0. The summed E-state index contributed by atoms with van der Waals surface area (Å²) in [4.78, 5) is 1.40. The summed E-state index contributed by atoms with van der Waals surface area (Å²) in [7, 11) is 0. The van der Waals surface area contributed by atoms with Gasteiger partial charge in [0, 0.05) is 29.3 Å². The molecule has 0 bridgehead atoms. The molecule has 0 amide bonds. The van der Waals surface area contributed by atoms with Gasteiger partial charge in [0.1, 0.15) is 0 Å². The fraction of sp³-hybridized carbons (Fsp3) is 0.250. The highest BCUT2D eigenvalue weighted by Gasteiger charge is 2.13. The molecule has 11 heavy (non-hydrogen) atoms. The van der Waals surface area contributed by atoms with Gasteiger partial charge in [-0.3, -0.25) is 4.31 Å². The van der Waals surface area contributed by atoms with Crippen molar-refractivity contribution in [1.29, 1.82) is 0 Å². The Hall–Kier alpha value is -0.280. The molecule has 0 N–H and O–H groups in total. The highest BCUT2D eigenvalue weighted by molar-refractivity contribution is 8.03. The second kappa shape index (κ2) is 2.99. The molecule has 0 saturated heterocycles. The minimum atomic E-state index is 1.13. The summed E-state index contributed by atoms with van der Waals surface area (Å²) in [6, 6.07) is 0. The van der Waals surface area contributed by atoms with Gasteiger partial charge in [0.05, 0.1) is 0 Å². The first kappa shape index (κ1) is 7.37. The van der Waals surface area contributed by atoms with Crippen molar-refractivity contribution in [2.45, 2.75) is 0 Å². The van der Waals surface area contributed by atoms with Crippen molar-refractivity contribution >= 4 is 23.7 Å². The van der Waals surface area contributed by atoms with Crippen LogP contribution < -0.4 is 0 Å². The van der Waals surface area contributed by atoms with Crippen LogP contribution in [0.3, 0.4) is 0 Å². The maximum absolute atomic E-state index is 2.27. The lowest BCUT2D eigenvalue weighted by atomic mass is 10.2. The van der Waals surface area contributed by atoms with E-state index in [0.717, 1.165) is 5.75 Å². The van der Waals surface area contributed by atoms with Gasteiger partial charge in [-0.15, -0.1) is 11.8 Å². The zero-order chi connectivity index (χ0) is 7.68. The minimum absolute atomic E-state index is 1.13.